The van der Waals surface area contributed by atoms with Crippen molar-refractivity contribution in [1.82, 2.24) is 4.98 Å². The number of nitrogens with two attached hydrogens (primary N) is 1. The standard InChI is InChI=1S/C32H36N6O3/c1-41-30-15-12-26(19-34-30)23-6-2-21(3-7-23)16-27(17-29(39)24-8-4-22(18-33)5-9-24)32(40)37-28-13-10-25(11-14-28)31-35-20-36-38-31/h2-3,6-7,10-15,19,22,24,27H,4-5,8-9,16-18,20,33H2,1H3,(H,37,40)/t22?,24?,27-/m1/s1. The van der Waals surface area contributed by atoms with Crippen molar-refractivity contribution in [3.8, 4) is 17.0 Å². The largest absolute Gasteiger partial charge is 0.481 e. The number of carbonyl (C=O) groups is 2. The first-order valence-corrected chi connectivity index (χ1v) is 14.2. The number of aromatic nitrogens is 1. The third kappa shape index (κ3) is 7.29. The van der Waals surface area contributed by atoms with Crippen molar-refractivity contribution in [2.45, 2.75) is 38.5 Å². The predicted molar refractivity (Wildman–Crippen MR) is 159 cm³/mol. The molecule has 3 N–H and O–H groups in total. The van der Waals surface area contributed by atoms with Crippen LogP contribution in [0.15, 0.2) is 82.1 Å². The molecular weight excluding hydrogens is 516 g/mol. The van der Waals surface area contributed by atoms with E-state index in [0.29, 0.717) is 43.0 Å². The van der Waals surface area contributed by atoms with Gasteiger partial charge in [0, 0.05) is 47.3 Å². The molecule has 1 aromatic heterocycles. The number of Topliss-reactive ketones (excluding diaryl/α,β-unsaturated/α-hetero) is 1. The highest BCUT2D eigenvalue weighted by Gasteiger charge is 2.30. The maximum Gasteiger partial charge on any atom is 0.228 e. The molecule has 212 valence electrons. The van der Waals surface area contributed by atoms with Crippen LogP contribution in [0.5, 0.6) is 5.88 Å². The van der Waals surface area contributed by atoms with Crippen LogP contribution in [0.3, 0.4) is 0 Å². The lowest BCUT2D eigenvalue weighted by Crippen LogP contribution is -2.31. The molecule has 1 amide bonds. The van der Waals surface area contributed by atoms with Crippen LogP contribution in [-0.2, 0) is 16.0 Å². The molecule has 2 aliphatic rings. The Balaban J connectivity index is 1.29. The number of ketones is 1. The van der Waals surface area contributed by atoms with E-state index in [9.17, 15) is 9.59 Å². The number of hydrogen-bond acceptors (Lipinski definition) is 8. The Morgan fingerprint density at radius 2 is 1.66 bits per heavy atom. The van der Waals surface area contributed by atoms with Crippen molar-refractivity contribution < 1.29 is 14.3 Å². The van der Waals surface area contributed by atoms with Gasteiger partial charge in [0.15, 0.2) is 12.5 Å². The quantitative estimate of drug-likeness (QED) is 0.327. The van der Waals surface area contributed by atoms with Gasteiger partial charge >= 0.3 is 0 Å². The number of hydrogen-bond donors (Lipinski definition) is 2. The summed E-state index contributed by atoms with van der Waals surface area (Å²) in [6.07, 6.45) is 6.10. The molecule has 0 unspecified atom stereocenters. The van der Waals surface area contributed by atoms with Gasteiger partial charge in [0.1, 0.15) is 5.78 Å². The van der Waals surface area contributed by atoms with Crippen molar-refractivity contribution in [3.63, 3.8) is 0 Å². The van der Waals surface area contributed by atoms with Gasteiger partial charge < -0.3 is 15.8 Å². The molecule has 9 heteroatoms. The Bertz CT molecular complexity index is 1390. The van der Waals surface area contributed by atoms with Gasteiger partial charge in [0.25, 0.3) is 0 Å². The topological polar surface area (TPSA) is 131 Å². The maximum absolute atomic E-state index is 13.6. The van der Waals surface area contributed by atoms with Crippen LogP contribution >= 0.6 is 0 Å². The van der Waals surface area contributed by atoms with Gasteiger partial charge in [0.2, 0.25) is 11.8 Å². The fraction of sp³-hybridized carbons (Fsp3) is 0.375. The highest BCUT2D eigenvalue weighted by molar-refractivity contribution is 6.01. The lowest BCUT2D eigenvalue weighted by Gasteiger charge is -2.27. The average Bonchev–Trinajstić information content (AvgIpc) is 3.57. The lowest BCUT2D eigenvalue weighted by molar-refractivity contribution is -0.129. The number of ether oxygens (including phenoxy) is 1. The van der Waals surface area contributed by atoms with E-state index >= 15 is 0 Å². The molecule has 1 aliphatic heterocycles. The number of azo groups is 1. The number of aliphatic imine (C=N–C) groups is 1. The normalized spacial score (nSPS) is 18.9. The van der Waals surface area contributed by atoms with E-state index in [1.54, 1.807) is 13.3 Å². The van der Waals surface area contributed by atoms with E-state index in [-0.39, 0.29) is 24.0 Å². The van der Waals surface area contributed by atoms with Crippen molar-refractivity contribution in [3.05, 3.63) is 78.0 Å². The van der Waals surface area contributed by atoms with E-state index in [1.165, 1.54) is 0 Å². The number of methoxy groups -OCH3 is 1. The predicted octanol–water partition coefficient (Wildman–Crippen LogP) is 5.45. The SMILES string of the molecule is COc1ccc(-c2ccc(C[C@H](CC(=O)C3CCC(CN)CC3)C(=O)Nc3ccc(C4=NCN=N4)cc3)cc2)cn1. The zero-order valence-corrected chi connectivity index (χ0v) is 23.3. The number of carbonyl (C=O) groups excluding carboxylic acids is 2. The summed E-state index contributed by atoms with van der Waals surface area (Å²) in [6.45, 7) is 1.01. The zero-order chi connectivity index (χ0) is 28.6. The second-order valence-corrected chi connectivity index (χ2v) is 10.7. The summed E-state index contributed by atoms with van der Waals surface area (Å²) in [7, 11) is 1.59. The van der Waals surface area contributed by atoms with Crippen LogP contribution in [0.25, 0.3) is 11.1 Å². The number of rotatable bonds is 11. The first-order chi connectivity index (χ1) is 20.0. The van der Waals surface area contributed by atoms with Crippen LogP contribution in [0, 0.1) is 17.8 Å². The minimum absolute atomic E-state index is 0.00122. The van der Waals surface area contributed by atoms with Crippen LogP contribution in [0.2, 0.25) is 0 Å². The number of nitrogens with zero attached hydrogens (tertiary/aromatic N) is 4. The summed E-state index contributed by atoms with van der Waals surface area (Å²) < 4.78 is 5.15. The number of benzene rings is 2. The second-order valence-electron chi connectivity index (χ2n) is 10.7. The highest BCUT2D eigenvalue weighted by atomic mass is 16.5. The third-order valence-electron chi connectivity index (χ3n) is 8.03. The summed E-state index contributed by atoms with van der Waals surface area (Å²) >= 11 is 0. The molecule has 0 spiro atoms. The Labute approximate surface area is 240 Å². The van der Waals surface area contributed by atoms with Gasteiger partial charge in [-0.05, 0) is 86.0 Å². The van der Waals surface area contributed by atoms with Crippen LogP contribution < -0.4 is 15.8 Å². The average molecular weight is 553 g/mol. The molecule has 2 aromatic carbocycles. The molecule has 5 rings (SSSR count). The fourth-order valence-electron chi connectivity index (χ4n) is 5.50. The van der Waals surface area contributed by atoms with Gasteiger partial charge in [-0.15, -0.1) is 5.11 Å². The molecule has 1 aliphatic carbocycles. The number of amides is 1. The number of anilines is 1. The minimum Gasteiger partial charge on any atom is -0.481 e. The molecule has 1 saturated carbocycles. The lowest BCUT2D eigenvalue weighted by atomic mass is 9.77. The fourth-order valence-corrected chi connectivity index (χ4v) is 5.50. The van der Waals surface area contributed by atoms with Gasteiger partial charge in [0.05, 0.1) is 7.11 Å². The molecule has 41 heavy (non-hydrogen) atoms. The van der Waals surface area contributed by atoms with Crippen molar-refractivity contribution in [2.24, 2.45) is 38.7 Å². The first kappa shape index (κ1) is 28.3. The van der Waals surface area contributed by atoms with Crippen LogP contribution in [-0.4, -0.2) is 42.8 Å². The summed E-state index contributed by atoms with van der Waals surface area (Å²) in [5, 5.41) is 10.9. The van der Waals surface area contributed by atoms with Gasteiger partial charge in [-0.2, -0.15) is 5.11 Å². The van der Waals surface area contributed by atoms with Crippen molar-refractivity contribution >= 4 is 23.2 Å². The van der Waals surface area contributed by atoms with Gasteiger partial charge in [-0.3, -0.25) is 9.59 Å². The maximum atomic E-state index is 13.6. The first-order valence-electron chi connectivity index (χ1n) is 14.2. The highest BCUT2D eigenvalue weighted by Crippen LogP contribution is 2.31. The van der Waals surface area contributed by atoms with E-state index in [2.05, 4.69) is 25.5 Å². The van der Waals surface area contributed by atoms with E-state index < -0.39 is 5.92 Å². The molecule has 0 bridgehead atoms. The minimum atomic E-state index is -0.490. The number of pyridine rings is 1. The Morgan fingerprint density at radius 3 is 2.27 bits per heavy atom. The monoisotopic (exact) mass is 552 g/mol. The number of amidine groups is 1. The third-order valence-corrected chi connectivity index (χ3v) is 8.03. The Hall–Kier alpha value is -4.24. The molecule has 1 atom stereocenters. The molecule has 0 saturated heterocycles. The van der Waals surface area contributed by atoms with E-state index in [1.807, 2.05) is 60.7 Å². The summed E-state index contributed by atoms with van der Waals surface area (Å²) in [6, 6.07) is 19.2. The number of nitrogens with one attached hydrogen (secondary N) is 1. The molecule has 1 fully saturated rings. The van der Waals surface area contributed by atoms with Crippen molar-refractivity contribution in [2.75, 3.05) is 25.6 Å². The molecule has 0 radical (unpaired) electrons. The van der Waals surface area contributed by atoms with Crippen LogP contribution in [0.4, 0.5) is 5.69 Å². The smallest absolute Gasteiger partial charge is 0.228 e. The second kappa shape index (κ2) is 13.4. The van der Waals surface area contributed by atoms with Gasteiger partial charge in [-0.25, -0.2) is 9.98 Å². The summed E-state index contributed by atoms with van der Waals surface area (Å²) in [4.78, 5) is 35.5. The molecule has 9 nitrogen and oxygen atoms in total. The zero-order valence-electron chi connectivity index (χ0n) is 23.3. The van der Waals surface area contributed by atoms with Gasteiger partial charge in [-0.1, -0.05) is 24.3 Å². The molecule has 3 aromatic rings. The summed E-state index contributed by atoms with van der Waals surface area (Å²) in [5.41, 5.74) is 10.3. The Morgan fingerprint density at radius 1 is 0.951 bits per heavy atom. The van der Waals surface area contributed by atoms with Crippen molar-refractivity contribution in [1.29, 1.82) is 0 Å². The molecular formula is C32H36N6O3. The summed E-state index contributed by atoms with van der Waals surface area (Å²) in [5.74, 6) is 1.16. The Kier molecular flexibility index (Phi) is 9.26. The van der Waals surface area contributed by atoms with E-state index in [0.717, 1.165) is 47.9 Å². The van der Waals surface area contributed by atoms with E-state index in [4.69, 9.17) is 10.5 Å². The van der Waals surface area contributed by atoms with Crippen LogP contribution in [0.1, 0.15) is 43.2 Å². The molecule has 2 heterocycles.